The van der Waals surface area contributed by atoms with Crippen LogP contribution in [0, 0.1) is 0 Å². The summed E-state index contributed by atoms with van der Waals surface area (Å²) in [6, 6.07) is 0. The molecule has 0 N–H and O–H groups in total. The van der Waals surface area contributed by atoms with E-state index in [-0.39, 0.29) is 34.1 Å². The van der Waals surface area contributed by atoms with Gasteiger partial charge in [0.1, 0.15) is 0 Å². The second-order valence-corrected chi connectivity index (χ2v) is 5.05. The van der Waals surface area contributed by atoms with E-state index in [1.165, 1.54) is 0 Å². The molecule has 0 saturated heterocycles. The molecule has 0 aliphatic rings. The third kappa shape index (κ3) is 2770. The molecule has 0 aliphatic carbocycles. The first kappa shape index (κ1) is 30.9. The second-order valence-electron chi connectivity index (χ2n) is 1.22. The normalized spacial score (nSPS) is 10.2. The Morgan fingerprint density at radius 1 is 0.412 bits per heavy atom. The van der Waals surface area contributed by atoms with Crippen molar-refractivity contribution >= 4 is 0 Å². The number of rotatable bonds is 0. The van der Waals surface area contributed by atoms with E-state index in [4.69, 9.17) is 47.8 Å². The van der Waals surface area contributed by atoms with E-state index in [2.05, 4.69) is 0 Å². The van der Waals surface area contributed by atoms with Crippen LogP contribution in [-0.2, 0) is 97.8 Å². The number of hydrogen-bond acceptors (Lipinski definition) is 12. The van der Waals surface area contributed by atoms with Crippen LogP contribution in [0.4, 0.5) is 0 Å². The van der Waals surface area contributed by atoms with Crippen LogP contribution in [0.2, 0.25) is 0 Å². The van der Waals surface area contributed by atoms with E-state index in [1.54, 1.807) is 0 Å². The van der Waals surface area contributed by atoms with Crippen LogP contribution in [0.1, 0.15) is 0 Å². The molecule has 0 unspecified atom stereocenters. The van der Waals surface area contributed by atoms with Gasteiger partial charge in [-0.05, 0) is 0 Å². The molecule has 0 saturated carbocycles. The van der Waals surface area contributed by atoms with Gasteiger partial charge in [-0.2, -0.15) is 0 Å². The van der Waals surface area contributed by atoms with Gasteiger partial charge in [0.25, 0.3) is 0 Å². The van der Waals surface area contributed by atoms with Crippen molar-refractivity contribution in [2.75, 3.05) is 0 Å². The predicted molar refractivity (Wildman–Crippen MR) is 4.12 cm³/mol. The average Bonchev–Trinajstić information content (AvgIpc) is 1.41. The van der Waals surface area contributed by atoms with Crippen molar-refractivity contribution in [3.05, 3.63) is 0 Å². The zero-order chi connectivity index (χ0) is 13.5. The Balaban J connectivity index is -0.0000000400. The fourth-order valence-corrected chi connectivity index (χ4v) is 0. The van der Waals surface area contributed by atoms with Crippen molar-refractivity contribution in [1.82, 2.24) is 0 Å². The Kier molecular flexibility index (Phi) is 22.3. The standard InChI is InChI=1S/3Cr.2Fe.12O/q;;;2*+3;;;;;;;6*-1. The van der Waals surface area contributed by atoms with Gasteiger partial charge in [-0.3, -0.25) is 0 Å². The van der Waals surface area contributed by atoms with E-state index in [0.29, 0.717) is 0 Å². The van der Waals surface area contributed by atoms with E-state index >= 15 is 0 Å². The molecule has 0 heterocycles. The first-order chi connectivity index (χ1) is 6.00. The van der Waals surface area contributed by atoms with Crippen LogP contribution in [-0.4, -0.2) is 0 Å². The van der Waals surface area contributed by atoms with Gasteiger partial charge < -0.3 is 0 Å². The summed E-state index contributed by atoms with van der Waals surface area (Å²) in [5, 5.41) is 0. The van der Waals surface area contributed by atoms with Crippen LogP contribution >= 0.6 is 0 Å². The van der Waals surface area contributed by atoms with Gasteiger partial charge in [-0.15, -0.1) is 0 Å². The van der Waals surface area contributed by atoms with E-state index in [1.807, 2.05) is 0 Å². The van der Waals surface area contributed by atoms with Gasteiger partial charge in [-0.25, -0.2) is 0 Å². The molecule has 17 heavy (non-hydrogen) atoms. The molecular formula is Cr3Fe2O12. The molecule has 0 atom stereocenters. The first-order valence-electron chi connectivity index (χ1n) is 2.00. The van der Waals surface area contributed by atoms with Gasteiger partial charge >= 0.3 is 123 Å². The Morgan fingerprint density at radius 3 is 0.412 bits per heavy atom. The summed E-state index contributed by atoms with van der Waals surface area (Å²) >= 11 is -17.2. The summed E-state index contributed by atoms with van der Waals surface area (Å²) in [6.45, 7) is 0. The molecule has 0 aromatic heterocycles. The van der Waals surface area contributed by atoms with E-state index in [9.17, 15) is 0 Å². The van der Waals surface area contributed by atoms with Crippen molar-refractivity contribution in [3.8, 4) is 0 Å². The Bertz CT molecular complexity index is 341. The van der Waals surface area contributed by atoms with Crippen molar-refractivity contribution in [1.29, 1.82) is 0 Å². The van der Waals surface area contributed by atoms with Gasteiger partial charge in [-0.1, -0.05) is 0 Å². The summed E-state index contributed by atoms with van der Waals surface area (Å²) in [6.07, 6.45) is 0. The molecule has 12 nitrogen and oxygen atoms in total. The molecule has 2 radical (unpaired) electrons. The van der Waals surface area contributed by atoms with Crippen LogP contribution in [0.5, 0.6) is 0 Å². The van der Waals surface area contributed by atoms with Crippen LogP contribution < -0.4 is 24.9 Å². The molecule has 0 aliphatic heterocycles. The fourth-order valence-electron chi connectivity index (χ4n) is 0. The van der Waals surface area contributed by atoms with Crippen LogP contribution in [0.3, 0.4) is 0 Å². The maximum atomic E-state index is 8.59. The monoisotopic (exact) mass is 460 g/mol. The molecule has 106 valence electrons. The molecular weight excluding hydrogens is 460 g/mol. The van der Waals surface area contributed by atoms with Crippen molar-refractivity contribution in [2.45, 2.75) is 0 Å². The third-order valence-corrected chi connectivity index (χ3v) is 0. The zero-order valence-electron chi connectivity index (χ0n) is 6.83. The summed E-state index contributed by atoms with van der Waals surface area (Å²) in [5.74, 6) is 0. The SMILES string of the molecule is [Fe+3].[Fe+3].[O]=[Cr](=[O])([O-])[O-].[O]=[Cr](=[O])([O-])[O-].[O]=[Cr](=[O])([O-])[O-]. The molecule has 0 aromatic rings. The maximum absolute atomic E-state index is 8.59. The summed E-state index contributed by atoms with van der Waals surface area (Å²) in [7, 11) is 0. The first-order valence-corrected chi connectivity index (χ1v) is 8.25. The van der Waals surface area contributed by atoms with Crippen molar-refractivity contribution < 1.29 is 123 Å². The third-order valence-electron chi connectivity index (χ3n) is 0. The molecule has 0 amide bonds. The second kappa shape index (κ2) is 12.2. The van der Waals surface area contributed by atoms with E-state index < -0.39 is 40.8 Å². The average molecular weight is 460 g/mol. The zero-order valence-corrected chi connectivity index (χ0v) is 12.9. The summed E-state index contributed by atoms with van der Waals surface area (Å²) in [5.41, 5.74) is 0. The van der Waals surface area contributed by atoms with E-state index in [0.717, 1.165) is 0 Å². The fraction of sp³-hybridized carbons (Fsp3) is 0. The van der Waals surface area contributed by atoms with Gasteiger partial charge in [0, 0.05) is 0 Å². The minimum absolute atomic E-state index is 0. The summed E-state index contributed by atoms with van der Waals surface area (Å²) < 4.78 is 103. The minimum atomic E-state index is -5.75. The number of hydrogen-bond donors (Lipinski definition) is 0. The quantitative estimate of drug-likeness (QED) is 0.306. The van der Waals surface area contributed by atoms with Gasteiger partial charge in [0.2, 0.25) is 0 Å². The predicted octanol–water partition coefficient (Wildman–Crippen LogP) is -7.86. The van der Waals surface area contributed by atoms with Crippen molar-refractivity contribution in [3.63, 3.8) is 0 Å². The topological polar surface area (TPSA) is 241 Å². The Morgan fingerprint density at radius 2 is 0.412 bits per heavy atom. The Labute approximate surface area is 122 Å². The molecule has 0 rings (SSSR count). The van der Waals surface area contributed by atoms with Crippen LogP contribution in [0.15, 0.2) is 0 Å². The molecule has 17 heteroatoms. The van der Waals surface area contributed by atoms with Crippen LogP contribution in [0.25, 0.3) is 0 Å². The van der Waals surface area contributed by atoms with Gasteiger partial charge in [0.15, 0.2) is 0 Å². The van der Waals surface area contributed by atoms with Crippen molar-refractivity contribution in [2.24, 2.45) is 0 Å². The van der Waals surface area contributed by atoms with Gasteiger partial charge in [0.05, 0.1) is 0 Å². The molecule has 0 fully saturated rings. The Hall–Kier alpha value is 1.20. The summed E-state index contributed by atoms with van der Waals surface area (Å²) in [4.78, 5) is 0. The molecule has 0 aromatic carbocycles. The molecule has 0 spiro atoms. The molecule has 0 bridgehead atoms.